The summed E-state index contributed by atoms with van der Waals surface area (Å²) in [6.45, 7) is 1.89. The van der Waals surface area contributed by atoms with Crippen molar-refractivity contribution in [3.05, 3.63) is 33.8 Å². The van der Waals surface area contributed by atoms with E-state index in [-0.39, 0.29) is 11.0 Å². The third-order valence-electron chi connectivity index (χ3n) is 2.32. The average Bonchev–Trinajstić information content (AvgIpc) is 2.27. The molecule has 0 atom stereocenters. The normalized spacial score (nSPS) is 10.2. The number of nitrogens with one attached hydrogen (secondary N) is 1. The van der Waals surface area contributed by atoms with E-state index in [1.807, 2.05) is 0 Å². The van der Waals surface area contributed by atoms with E-state index in [1.165, 1.54) is 7.05 Å². The SMILES string of the molecule is CCNC(=O)CN(C)C(=O)c1c(F)cc(Br)cc1F. The Morgan fingerprint density at radius 1 is 1.32 bits per heavy atom. The van der Waals surface area contributed by atoms with Crippen molar-refractivity contribution in [3.8, 4) is 0 Å². The third-order valence-corrected chi connectivity index (χ3v) is 2.78. The summed E-state index contributed by atoms with van der Waals surface area (Å²) in [6, 6.07) is 1.99. The van der Waals surface area contributed by atoms with Gasteiger partial charge in [-0.25, -0.2) is 8.78 Å². The van der Waals surface area contributed by atoms with Crippen LogP contribution in [-0.2, 0) is 4.79 Å². The Kier molecular flexibility index (Phi) is 5.41. The minimum atomic E-state index is -0.973. The smallest absolute Gasteiger partial charge is 0.260 e. The number of carbonyl (C=O) groups excluding carboxylic acids is 2. The second kappa shape index (κ2) is 6.60. The lowest BCUT2D eigenvalue weighted by Crippen LogP contribution is -2.38. The summed E-state index contributed by atoms with van der Waals surface area (Å²) in [5.41, 5.74) is -0.671. The lowest BCUT2D eigenvalue weighted by molar-refractivity contribution is -0.121. The lowest BCUT2D eigenvalue weighted by Gasteiger charge is -2.17. The molecule has 0 heterocycles. The zero-order valence-electron chi connectivity index (χ0n) is 10.5. The standard InChI is InChI=1S/C12H13BrF2N2O2/c1-3-16-10(18)6-17(2)12(19)11-8(14)4-7(13)5-9(11)15/h4-5H,3,6H2,1-2H3,(H,16,18). The highest BCUT2D eigenvalue weighted by Crippen LogP contribution is 2.20. The van der Waals surface area contributed by atoms with Gasteiger partial charge >= 0.3 is 0 Å². The van der Waals surface area contributed by atoms with Gasteiger partial charge in [-0.2, -0.15) is 0 Å². The first-order valence-corrected chi connectivity index (χ1v) is 6.32. The van der Waals surface area contributed by atoms with Crippen LogP contribution in [-0.4, -0.2) is 36.9 Å². The largest absolute Gasteiger partial charge is 0.355 e. The maximum absolute atomic E-state index is 13.6. The molecule has 0 aliphatic rings. The van der Waals surface area contributed by atoms with Gasteiger partial charge in [-0.1, -0.05) is 15.9 Å². The summed E-state index contributed by atoms with van der Waals surface area (Å²) in [4.78, 5) is 24.2. The van der Waals surface area contributed by atoms with Crippen LogP contribution < -0.4 is 5.32 Å². The van der Waals surface area contributed by atoms with E-state index in [2.05, 4.69) is 21.2 Å². The van der Waals surface area contributed by atoms with E-state index in [0.29, 0.717) is 6.54 Å². The Balaban J connectivity index is 2.91. The van der Waals surface area contributed by atoms with Crippen molar-refractivity contribution in [2.45, 2.75) is 6.92 Å². The lowest BCUT2D eigenvalue weighted by atomic mass is 10.1. The van der Waals surface area contributed by atoms with Gasteiger partial charge in [0, 0.05) is 18.1 Å². The highest BCUT2D eigenvalue weighted by Gasteiger charge is 2.22. The Morgan fingerprint density at radius 2 is 1.84 bits per heavy atom. The number of hydrogen-bond donors (Lipinski definition) is 1. The van der Waals surface area contributed by atoms with E-state index in [9.17, 15) is 18.4 Å². The Bertz CT molecular complexity index is 485. The van der Waals surface area contributed by atoms with Crippen molar-refractivity contribution in [2.75, 3.05) is 20.1 Å². The molecule has 0 saturated heterocycles. The van der Waals surface area contributed by atoms with Gasteiger partial charge in [-0.05, 0) is 19.1 Å². The van der Waals surface area contributed by atoms with Gasteiger partial charge in [-0.3, -0.25) is 9.59 Å². The van der Waals surface area contributed by atoms with E-state index >= 15 is 0 Å². The van der Waals surface area contributed by atoms with Crippen LogP contribution in [0.5, 0.6) is 0 Å². The van der Waals surface area contributed by atoms with Crippen molar-refractivity contribution < 1.29 is 18.4 Å². The fourth-order valence-electron chi connectivity index (χ4n) is 1.48. The maximum atomic E-state index is 13.6. The summed E-state index contributed by atoms with van der Waals surface area (Å²) < 4.78 is 27.4. The van der Waals surface area contributed by atoms with Gasteiger partial charge in [0.05, 0.1) is 6.54 Å². The topological polar surface area (TPSA) is 49.4 Å². The van der Waals surface area contributed by atoms with Crippen LogP contribution in [0.15, 0.2) is 16.6 Å². The van der Waals surface area contributed by atoms with Crippen molar-refractivity contribution in [1.82, 2.24) is 10.2 Å². The number of rotatable bonds is 4. The van der Waals surface area contributed by atoms with Gasteiger partial charge in [-0.15, -0.1) is 0 Å². The van der Waals surface area contributed by atoms with Crippen LogP contribution >= 0.6 is 15.9 Å². The van der Waals surface area contributed by atoms with Gasteiger partial charge < -0.3 is 10.2 Å². The Morgan fingerprint density at radius 3 is 2.32 bits per heavy atom. The molecule has 0 saturated carbocycles. The van der Waals surface area contributed by atoms with Gasteiger partial charge in [0.25, 0.3) is 5.91 Å². The number of halogens is 3. The third kappa shape index (κ3) is 3.99. The molecule has 1 N–H and O–H groups in total. The molecule has 0 spiro atoms. The number of amides is 2. The Labute approximate surface area is 117 Å². The van der Waals surface area contributed by atoms with Crippen molar-refractivity contribution in [2.24, 2.45) is 0 Å². The number of carbonyl (C=O) groups is 2. The monoisotopic (exact) mass is 334 g/mol. The molecule has 0 bridgehead atoms. The molecule has 1 aromatic rings. The van der Waals surface area contributed by atoms with Crippen LogP contribution in [0.3, 0.4) is 0 Å². The number of nitrogens with zero attached hydrogens (tertiary/aromatic N) is 1. The van der Waals surface area contributed by atoms with Gasteiger partial charge in [0.15, 0.2) is 0 Å². The molecule has 7 heteroatoms. The first kappa shape index (κ1) is 15.6. The fourth-order valence-corrected chi connectivity index (χ4v) is 1.88. The van der Waals surface area contributed by atoms with Crippen molar-refractivity contribution in [3.63, 3.8) is 0 Å². The zero-order chi connectivity index (χ0) is 14.6. The molecule has 1 rings (SSSR count). The predicted molar refractivity (Wildman–Crippen MR) is 69.7 cm³/mol. The molecule has 0 fully saturated rings. The number of hydrogen-bond acceptors (Lipinski definition) is 2. The molecule has 0 aromatic heterocycles. The van der Waals surface area contributed by atoms with Crippen LogP contribution in [0.1, 0.15) is 17.3 Å². The molecule has 2 amide bonds. The van der Waals surface area contributed by atoms with Crippen molar-refractivity contribution in [1.29, 1.82) is 0 Å². The molecule has 0 unspecified atom stereocenters. The summed E-state index contributed by atoms with van der Waals surface area (Å²) in [7, 11) is 1.30. The molecule has 0 aliphatic carbocycles. The second-order valence-corrected chi connectivity index (χ2v) is 4.77. The Hall–Kier alpha value is -1.50. The van der Waals surface area contributed by atoms with Gasteiger partial charge in [0.1, 0.15) is 17.2 Å². The maximum Gasteiger partial charge on any atom is 0.260 e. The summed E-state index contributed by atoms with van der Waals surface area (Å²) in [5, 5.41) is 2.49. The molecule has 1 aromatic carbocycles. The summed E-state index contributed by atoms with van der Waals surface area (Å²) >= 11 is 2.93. The molecule has 0 aliphatic heterocycles. The van der Waals surface area contributed by atoms with Crippen molar-refractivity contribution >= 4 is 27.7 Å². The van der Waals surface area contributed by atoms with Crippen LogP contribution in [0, 0.1) is 11.6 Å². The molecule has 104 valence electrons. The number of benzene rings is 1. The summed E-state index contributed by atoms with van der Waals surface area (Å²) in [5.74, 6) is -3.22. The van der Waals surface area contributed by atoms with E-state index in [1.54, 1.807) is 6.92 Å². The summed E-state index contributed by atoms with van der Waals surface area (Å²) in [6.07, 6.45) is 0. The molecular weight excluding hydrogens is 322 g/mol. The highest BCUT2D eigenvalue weighted by atomic mass is 79.9. The van der Waals surface area contributed by atoms with Crippen LogP contribution in [0.4, 0.5) is 8.78 Å². The average molecular weight is 335 g/mol. The van der Waals surface area contributed by atoms with E-state index < -0.39 is 29.0 Å². The van der Waals surface area contributed by atoms with E-state index in [0.717, 1.165) is 17.0 Å². The fraction of sp³-hybridized carbons (Fsp3) is 0.333. The molecule has 4 nitrogen and oxygen atoms in total. The minimum Gasteiger partial charge on any atom is -0.355 e. The molecular formula is C12H13BrF2N2O2. The van der Waals surface area contributed by atoms with Gasteiger partial charge in [0.2, 0.25) is 5.91 Å². The first-order valence-electron chi connectivity index (χ1n) is 5.53. The van der Waals surface area contributed by atoms with Crippen LogP contribution in [0.2, 0.25) is 0 Å². The molecule has 19 heavy (non-hydrogen) atoms. The minimum absolute atomic E-state index is 0.199. The highest BCUT2D eigenvalue weighted by molar-refractivity contribution is 9.10. The first-order chi connectivity index (χ1) is 8.86. The van der Waals surface area contributed by atoms with E-state index in [4.69, 9.17) is 0 Å². The predicted octanol–water partition coefficient (Wildman–Crippen LogP) is 1.94. The quantitative estimate of drug-likeness (QED) is 0.914. The molecule has 0 radical (unpaired) electrons. The second-order valence-electron chi connectivity index (χ2n) is 3.86. The zero-order valence-corrected chi connectivity index (χ0v) is 12.1. The number of likely N-dealkylation sites (N-methyl/N-ethyl adjacent to an activating group) is 2. The van der Waals surface area contributed by atoms with Crippen LogP contribution in [0.25, 0.3) is 0 Å².